The Bertz CT molecular complexity index is 1020. The van der Waals surface area contributed by atoms with E-state index < -0.39 is 26.4 Å². The average molecular weight is 422 g/mol. The summed E-state index contributed by atoms with van der Waals surface area (Å²) < 4.78 is 54.2. The molecule has 0 saturated carbocycles. The van der Waals surface area contributed by atoms with E-state index in [2.05, 4.69) is 4.90 Å². The van der Waals surface area contributed by atoms with Crippen molar-refractivity contribution < 1.29 is 17.2 Å². The summed E-state index contributed by atoms with van der Waals surface area (Å²) in [7, 11) is -3.53. The fourth-order valence-electron chi connectivity index (χ4n) is 3.99. The van der Waals surface area contributed by atoms with Gasteiger partial charge in [0.2, 0.25) is 10.0 Å². The lowest BCUT2D eigenvalue weighted by atomic mass is 10.0. The van der Waals surface area contributed by atoms with Gasteiger partial charge >= 0.3 is 0 Å². The fourth-order valence-corrected chi connectivity index (χ4v) is 5.28. The van der Waals surface area contributed by atoms with E-state index in [9.17, 15) is 17.2 Å². The van der Waals surface area contributed by atoms with Gasteiger partial charge in [-0.2, -0.15) is 0 Å². The molecule has 5 nitrogen and oxygen atoms in total. The molecule has 1 aromatic carbocycles. The number of nitrogens with zero attached hydrogens (tertiary/aromatic N) is 3. The molecule has 0 radical (unpaired) electrons. The third kappa shape index (κ3) is 3.38. The highest BCUT2D eigenvalue weighted by Gasteiger charge is 2.41. The fraction of sp³-hybridized carbons (Fsp3) is 0.429. The van der Waals surface area contributed by atoms with E-state index in [0.29, 0.717) is 5.56 Å². The maximum absolute atomic E-state index is 14.3. The number of likely N-dealkylation sites (tertiary alicyclic amines) is 1. The van der Waals surface area contributed by atoms with Crippen LogP contribution in [-0.2, 0) is 10.0 Å². The topological polar surface area (TPSA) is 43.9 Å². The van der Waals surface area contributed by atoms with Gasteiger partial charge in [-0.05, 0) is 70.0 Å². The third-order valence-electron chi connectivity index (χ3n) is 5.60. The SMILES string of the molecule is CC(C)(C)S(=O)(=O)N1CC=C2C=C(N3CCC[C@@H]3c3cc(F)ccc3F)C=CN21. The Morgan fingerprint density at radius 1 is 1.14 bits per heavy atom. The van der Waals surface area contributed by atoms with Crippen molar-refractivity contribution >= 4 is 10.0 Å². The molecule has 0 aromatic heterocycles. The second kappa shape index (κ2) is 6.95. The summed E-state index contributed by atoms with van der Waals surface area (Å²) in [5.41, 5.74) is 1.99. The van der Waals surface area contributed by atoms with Crippen molar-refractivity contribution in [1.82, 2.24) is 14.3 Å². The van der Waals surface area contributed by atoms with Crippen LogP contribution in [0.2, 0.25) is 0 Å². The molecule has 3 aliphatic heterocycles. The number of halogens is 2. The maximum atomic E-state index is 14.3. The van der Waals surface area contributed by atoms with Crippen molar-refractivity contribution in [3.8, 4) is 0 Å². The predicted octanol–water partition coefficient (Wildman–Crippen LogP) is 4.06. The molecule has 1 fully saturated rings. The molecule has 0 unspecified atom stereocenters. The Kier molecular flexibility index (Phi) is 4.82. The van der Waals surface area contributed by atoms with Crippen LogP contribution in [0.25, 0.3) is 0 Å². The minimum atomic E-state index is -3.53. The summed E-state index contributed by atoms with van der Waals surface area (Å²) in [6.07, 6.45) is 8.95. The van der Waals surface area contributed by atoms with Crippen LogP contribution < -0.4 is 0 Å². The standard InChI is InChI=1S/C21H25F2N3O2S/c1-21(2,3)29(27,28)26-12-9-17-14-16(8-11-25(17)26)24-10-4-5-20(24)18-13-15(22)6-7-19(18)23/h6-9,11,13-14,20H,4-5,10,12H2,1-3H3/t20-/m1/s1. The van der Waals surface area contributed by atoms with Gasteiger partial charge in [0.25, 0.3) is 0 Å². The molecule has 3 heterocycles. The summed E-state index contributed by atoms with van der Waals surface area (Å²) in [6.45, 7) is 6.03. The molecule has 29 heavy (non-hydrogen) atoms. The normalized spacial score (nSPS) is 22.7. The number of rotatable bonds is 3. The van der Waals surface area contributed by atoms with Crippen molar-refractivity contribution in [1.29, 1.82) is 0 Å². The maximum Gasteiger partial charge on any atom is 0.236 e. The van der Waals surface area contributed by atoms with Crippen LogP contribution >= 0.6 is 0 Å². The quantitative estimate of drug-likeness (QED) is 0.738. The summed E-state index contributed by atoms with van der Waals surface area (Å²) in [4.78, 5) is 2.06. The second-order valence-electron chi connectivity index (χ2n) is 8.50. The van der Waals surface area contributed by atoms with Gasteiger partial charge in [0.15, 0.2) is 0 Å². The van der Waals surface area contributed by atoms with Gasteiger partial charge in [-0.3, -0.25) is 5.01 Å². The van der Waals surface area contributed by atoms with E-state index in [1.807, 2.05) is 18.2 Å². The molecule has 0 aliphatic carbocycles. The third-order valence-corrected chi connectivity index (χ3v) is 8.02. The van der Waals surface area contributed by atoms with E-state index in [1.165, 1.54) is 16.5 Å². The molecular formula is C21H25F2N3O2S. The largest absolute Gasteiger partial charge is 0.364 e. The van der Waals surface area contributed by atoms with Crippen LogP contribution in [0.1, 0.15) is 45.2 Å². The molecule has 1 atom stereocenters. The van der Waals surface area contributed by atoms with Gasteiger partial charge in [0.05, 0.1) is 23.0 Å². The predicted molar refractivity (Wildman–Crippen MR) is 108 cm³/mol. The summed E-state index contributed by atoms with van der Waals surface area (Å²) >= 11 is 0. The van der Waals surface area contributed by atoms with Crippen LogP contribution in [0.3, 0.4) is 0 Å². The molecule has 0 spiro atoms. The molecule has 0 N–H and O–H groups in total. The number of hydrazine groups is 1. The van der Waals surface area contributed by atoms with E-state index >= 15 is 0 Å². The molecule has 0 bridgehead atoms. The summed E-state index contributed by atoms with van der Waals surface area (Å²) in [5.74, 6) is -0.859. The van der Waals surface area contributed by atoms with Crippen molar-refractivity contribution in [3.63, 3.8) is 0 Å². The molecule has 3 aliphatic rings. The van der Waals surface area contributed by atoms with Crippen molar-refractivity contribution in [2.75, 3.05) is 13.1 Å². The van der Waals surface area contributed by atoms with Gasteiger partial charge in [-0.15, -0.1) is 4.41 Å². The lowest BCUT2D eigenvalue weighted by Gasteiger charge is -2.36. The van der Waals surface area contributed by atoms with Crippen LogP contribution in [0.4, 0.5) is 8.78 Å². The van der Waals surface area contributed by atoms with E-state index in [-0.39, 0.29) is 12.6 Å². The van der Waals surface area contributed by atoms with Crippen LogP contribution in [0.5, 0.6) is 0 Å². The number of benzene rings is 1. The van der Waals surface area contributed by atoms with Crippen LogP contribution in [-0.4, -0.2) is 40.6 Å². The highest BCUT2D eigenvalue weighted by molar-refractivity contribution is 7.90. The van der Waals surface area contributed by atoms with Crippen LogP contribution in [0.15, 0.2) is 54.0 Å². The van der Waals surface area contributed by atoms with Gasteiger partial charge in [-0.25, -0.2) is 17.2 Å². The number of hydrogen-bond donors (Lipinski definition) is 0. The van der Waals surface area contributed by atoms with Crippen molar-refractivity contribution in [2.45, 2.75) is 44.4 Å². The Morgan fingerprint density at radius 3 is 2.62 bits per heavy atom. The number of fused-ring (bicyclic) bond motifs is 1. The Labute approximate surface area is 170 Å². The van der Waals surface area contributed by atoms with Gasteiger partial charge < -0.3 is 4.90 Å². The number of sulfonamides is 1. The van der Waals surface area contributed by atoms with Gasteiger partial charge in [0, 0.05) is 24.0 Å². The first-order chi connectivity index (χ1) is 13.6. The number of hydrogen-bond acceptors (Lipinski definition) is 4. The highest BCUT2D eigenvalue weighted by atomic mass is 32.2. The Hall–Kier alpha value is -2.19. The van der Waals surface area contributed by atoms with Crippen LogP contribution in [0, 0.1) is 11.6 Å². The Balaban J connectivity index is 1.60. The molecule has 156 valence electrons. The van der Waals surface area contributed by atoms with E-state index in [0.717, 1.165) is 36.8 Å². The zero-order valence-corrected chi connectivity index (χ0v) is 17.6. The van der Waals surface area contributed by atoms with E-state index in [1.54, 1.807) is 32.0 Å². The zero-order valence-electron chi connectivity index (χ0n) is 16.8. The summed E-state index contributed by atoms with van der Waals surface area (Å²) in [5, 5.41) is 1.64. The monoisotopic (exact) mass is 421 g/mol. The second-order valence-corrected chi connectivity index (χ2v) is 11.1. The molecule has 4 rings (SSSR count). The molecule has 1 saturated heterocycles. The van der Waals surface area contributed by atoms with Gasteiger partial charge in [-0.1, -0.05) is 0 Å². The first kappa shape index (κ1) is 20.1. The van der Waals surface area contributed by atoms with Crippen molar-refractivity contribution in [3.05, 3.63) is 71.2 Å². The average Bonchev–Trinajstić information content (AvgIpc) is 3.29. The van der Waals surface area contributed by atoms with E-state index in [4.69, 9.17) is 0 Å². The van der Waals surface area contributed by atoms with Gasteiger partial charge in [0.1, 0.15) is 11.6 Å². The number of allylic oxidation sites excluding steroid dienone is 2. The summed E-state index contributed by atoms with van der Waals surface area (Å²) in [6, 6.07) is 3.32. The first-order valence-corrected chi connectivity index (χ1v) is 11.2. The lowest BCUT2D eigenvalue weighted by Crippen LogP contribution is -2.47. The van der Waals surface area contributed by atoms with Crippen molar-refractivity contribution in [2.24, 2.45) is 0 Å². The highest BCUT2D eigenvalue weighted by Crippen LogP contribution is 2.39. The molecule has 0 amide bonds. The smallest absolute Gasteiger partial charge is 0.236 e. The molecule has 1 aromatic rings. The first-order valence-electron chi connectivity index (χ1n) is 9.73. The molecule has 8 heteroatoms. The zero-order chi connectivity index (χ0) is 21.0. The molecular weight excluding hydrogens is 396 g/mol. The minimum Gasteiger partial charge on any atom is -0.364 e. The Morgan fingerprint density at radius 2 is 1.90 bits per heavy atom. The minimum absolute atomic E-state index is 0.246. The lowest BCUT2D eigenvalue weighted by molar-refractivity contribution is 0.200.